The molecule has 1 aromatic carbocycles. The minimum atomic E-state index is -2.89. The third-order valence-electron chi connectivity index (χ3n) is 2.92. The largest absolute Gasteiger partial charge is 0.433 e. The van der Waals surface area contributed by atoms with E-state index >= 15 is 0 Å². The molecule has 0 amide bonds. The van der Waals surface area contributed by atoms with E-state index in [2.05, 4.69) is 28.9 Å². The van der Waals surface area contributed by atoms with Crippen LogP contribution in [0.5, 0.6) is 5.75 Å². The fourth-order valence-electron chi connectivity index (χ4n) is 1.93. The van der Waals surface area contributed by atoms with E-state index in [4.69, 9.17) is 11.6 Å². The molecule has 1 heterocycles. The van der Waals surface area contributed by atoms with E-state index in [1.807, 2.05) is 4.57 Å². The predicted octanol–water partition coefficient (Wildman–Crippen LogP) is 4.33. The molecule has 21 heavy (non-hydrogen) atoms. The summed E-state index contributed by atoms with van der Waals surface area (Å²) in [4.78, 5) is 4.11. The molecule has 4 nitrogen and oxygen atoms in total. The molecule has 2 aromatic rings. The lowest BCUT2D eigenvalue weighted by atomic mass is 10.3. The quantitative estimate of drug-likeness (QED) is 0.862. The number of nitrogens with one attached hydrogen (secondary N) is 1. The Morgan fingerprint density at radius 2 is 2.14 bits per heavy atom. The lowest BCUT2D eigenvalue weighted by molar-refractivity contribution is -0.0497. The van der Waals surface area contributed by atoms with Crippen molar-refractivity contribution in [3.05, 3.63) is 41.4 Å². The van der Waals surface area contributed by atoms with Gasteiger partial charge in [0, 0.05) is 17.9 Å². The van der Waals surface area contributed by atoms with Gasteiger partial charge in [-0.05, 0) is 32.0 Å². The van der Waals surface area contributed by atoms with Gasteiger partial charge in [0.2, 0.25) is 0 Å². The van der Waals surface area contributed by atoms with Crippen LogP contribution in [0, 0.1) is 0 Å². The summed E-state index contributed by atoms with van der Waals surface area (Å²) in [6.45, 7) is 1.81. The molecule has 0 radical (unpaired) electrons. The summed E-state index contributed by atoms with van der Waals surface area (Å²) in [5.74, 6) is -0.0376. The van der Waals surface area contributed by atoms with Crippen LogP contribution in [-0.2, 0) is 6.54 Å². The highest BCUT2D eigenvalue weighted by Gasteiger charge is 2.10. The van der Waals surface area contributed by atoms with Crippen LogP contribution in [0.15, 0.2) is 30.7 Å². The fourth-order valence-corrected chi connectivity index (χ4v) is 2.15. The molecule has 0 aliphatic heterocycles. The number of alkyl halides is 2. The second-order valence-corrected chi connectivity index (χ2v) is 5.17. The van der Waals surface area contributed by atoms with Crippen LogP contribution in [0.3, 0.4) is 0 Å². The molecular formula is C14H16ClF2N3O. The number of benzene rings is 1. The maximum atomic E-state index is 12.1. The summed E-state index contributed by atoms with van der Waals surface area (Å²) >= 11 is 5.90. The van der Waals surface area contributed by atoms with Crippen LogP contribution in [0.4, 0.5) is 14.5 Å². The Morgan fingerprint density at radius 3 is 2.76 bits per heavy atom. The van der Waals surface area contributed by atoms with Crippen molar-refractivity contribution in [2.45, 2.75) is 33.0 Å². The number of rotatable bonds is 6. The first-order valence-corrected chi connectivity index (χ1v) is 6.84. The Balaban J connectivity index is 2.03. The minimum absolute atomic E-state index is 0.0376. The molecule has 1 N–H and O–H groups in total. The maximum Gasteiger partial charge on any atom is 0.387 e. The third-order valence-corrected chi connectivity index (χ3v) is 3.22. The number of hydrogen-bond donors (Lipinski definition) is 1. The van der Waals surface area contributed by atoms with Gasteiger partial charge < -0.3 is 14.6 Å². The highest BCUT2D eigenvalue weighted by Crippen LogP contribution is 2.29. The molecule has 0 bridgehead atoms. The zero-order valence-electron chi connectivity index (χ0n) is 11.7. The highest BCUT2D eigenvalue weighted by atomic mass is 35.5. The van der Waals surface area contributed by atoms with Gasteiger partial charge >= 0.3 is 6.61 Å². The molecule has 0 fully saturated rings. The molecule has 0 aliphatic rings. The smallest absolute Gasteiger partial charge is 0.387 e. The van der Waals surface area contributed by atoms with Gasteiger partial charge in [-0.1, -0.05) is 11.6 Å². The Labute approximate surface area is 126 Å². The van der Waals surface area contributed by atoms with Crippen LogP contribution in [-0.4, -0.2) is 16.2 Å². The second kappa shape index (κ2) is 6.76. The third kappa shape index (κ3) is 4.07. The van der Waals surface area contributed by atoms with Gasteiger partial charge in [0.15, 0.2) is 0 Å². The zero-order chi connectivity index (χ0) is 15.4. The molecule has 0 saturated carbocycles. The van der Waals surface area contributed by atoms with Crippen molar-refractivity contribution in [2.24, 2.45) is 0 Å². The van der Waals surface area contributed by atoms with Crippen molar-refractivity contribution < 1.29 is 13.5 Å². The van der Waals surface area contributed by atoms with Gasteiger partial charge in [0.05, 0.1) is 23.6 Å². The Hall–Kier alpha value is -1.82. The Bertz CT molecular complexity index is 602. The van der Waals surface area contributed by atoms with Crippen LogP contribution in [0.25, 0.3) is 0 Å². The van der Waals surface area contributed by atoms with Crippen LogP contribution in [0.1, 0.15) is 25.6 Å². The van der Waals surface area contributed by atoms with E-state index in [9.17, 15) is 8.78 Å². The molecule has 0 unspecified atom stereocenters. The van der Waals surface area contributed by atoms with Crippen molar-refractivity contribution >= 4 is 17.3 Å². The number of halogens is 3. The lowest BCUT2D eigenvalue weighted by Gasteiger charge is -2.13. The summed E-state index contributed by atoms with van der Waals surface area (Å²) in [7, 11) is 0. The SMILES string of the molecule is CC(C)n1cncc1CNc1ccc(OC(F)F)c(Cl)c1. The van der Waals surface area contributed by atoms with E-state index in [1.165, 1.54) is 6.07 Å². The molecule has 114 valence electrons. The molecular weight excluding hydrogens is 300 g/mol. The topological polar surface area (TPSA) is 39.1 Å². The molecule has 1 aromatic heterocycles. The monoisotopic (exact) mass is 315 g/mol. The summed E-state index contributed by atoms with van der Waals surface area (Å²) < 4.78 is 30.6. The van der Waals surface area contributed by atoms with Crippen LogP contribution in [0.2, 0.25) is 5.02 Å². The molecule has 7 heteroatoms. The molecule has 0 atom stereocenters. The molecule has 0 aliphatic carbocycles. The predicted molar refractivity (Wildman–Crippen MR) is 78.0 cm³/mol. The lowest BCUT2D eigenvalue weighted by Crippen LogP contribution is -2.09. The first-order chi connectivity index (χ1) is 9.97. The van der Waals surface area contributed by atoms with Crippen molar-refractivity contribution in [3.8, 4) is 5.75 Å². The summed E-state index contributed by atoms with van der Waals surface area (Å²) in [6.07, 6.45) is 3.55. The first-order valence-electron chi connectivity index (χ1n) is 6.46. The first kappa shape index (κ1) is 15.6. The van der Waals surface area contributed by atoms with E-state index in [0.717, 1.165) is 11.4 Å². The zero-order valence-corrected chi connectivity index (χ0v) is 12.4. The van der Waals surface area contributed by atoms with Gasteiger partial charge in [-0.15, -0.1) is 0 Å². The van der Waals surface area contributed by atoms with E-state index in [-0.39, 0.29) is 10.8 Å². The highest BCUT2D eigenvalue weighted by molar-refractivity contribution is 6.32. The average Bonchev–Trinajstić information content (AvgIpc) is 2.87. The number of imidazole rings is 1. The summed E-state index contributed by atoms with van der Waals surface area (Å²) in [6, 6.07) is 4.92. The minimum Gasteiger partial charge on any atom is -0.433 e. The van der Waals surface area contributed by atoms with Gasteiger partial charge in [0.25, 0.3) is 0 Å². The maximum absolute atomic E-state index is 12.1. The summed E-state index contributed by atoms with van der Waals surface area (Å²) in [5, 5.41) is 3.31. The van der Waals surface area contributed by atoms with E-state index in [0.29, 0.717) is 12.6 Å². The number of aromatic nitrogens is 2. The van der Waals surface area contributed by atoms with Gasteiger partial charge in [0.1, 0.15) is 5.75 Å². The Kier molecular flexibility index (Phi) is 5.01. The van der Waals surface area contributed by atoms with Crippen molar-refractivity contribution in [1.29, 1.82) is 0 Å². The van der Waals surface area contributed by atoms with Crippen LogP contribution >= 0.6 is 11.6 Å². The molecule has 2 rings (SSSR count). The van der Waals surface area contributed by atoms with E-state index in [1.54, 1.807) is 24.7 Å². The average molecular weight is 316 g/mol. The number of anilines is 1. The fraction of sp³-hybridized carbons (Fsp3) is 0.357. The van der Waals surface area contributed by atoms with Gasteiger partial charge in [-0.2, -0.15) is 8.78 Å². The number of hydrogen-bond acceptors (Lipinski definition) is 3. The summed E-state index contributed by atoms with van der Waals surface area (Å²) in [5.41, 5.74) is 1.74. The standard InChI is InChI=1S/C14H16ClF2N3O/c1-9(2)20-8-18-6-11(20)7-19-10-3-4-13(12(15)5-10)21-14(16)17/h3-6,8-9,14,19H,7H2,1-2H3. The van der Waals surface area contributed by atoms with Crippen LogP contribution < -0.4 is 10.1 Å². The number of ether oxygens (including phenoxy) is 1. The second-order valence-electron chi connectivity index (χ2n) is 4.76. The Morgan fingerprint density at radius 1 is 1.38 bits per heavy atom. The van der Waals surface area contributed by atoms with E-state index < -0.39 is 6.61 Å². The van der Waals surface area contributed by atoms with Crippen molar-refractivity contribution in [2.75, 3.05) is 5.32 Å². The van der Waals surface area contributed by atoms with Crippen molar-refractivity contribution in [3.63, 3.8) is 0 Å². The molecule has 0 spiro atoms. The number of nitrogens with zero attached hydrogens (tertiary/aromatic N) is 2. The van der Waals surface area contributed by atoms with Gasteiger partial charge in [-0.25, -0.2) is 4.98 Å². The van der Waals surface area contributed by atoms with Crippen molar-refractivity contribution in [1.82, 2.24) is 9.55 Å². The normalized spacial score (nSPS) is 11.2. The van der Waals surface area contributed by atoms with Gasteiger partial charge in [-0.3, -0.25) is 0 Å². The molecule has 0 saturated heterocycles.